The van der Waals surface area contributed by atoms with Crippen molar-refractivity contribution in [2.24, 2.45) is 0 Å². The average molecular weight is 541 g/mol. The maximum Gasteiger partial charge on any atom is 0.0843 e. The molecule has 42 heavy (non-hydrogen) atoms. The van der Waals surface area contributed by atoms with E-state index in [9.17, 15) is 5.11 Å². The van der Waals surface area contributed by atoms with E-state index in [-0.39, 0.29) is 0 Å². The van der Waals surface area contributed by atoms with Crippen LogP contribution in [0.15, 0.2) is 133 Å². The van der Waals surface area contributed by atoms with Gasteiger partial charge in [0.1, 0.15) is 0 Å². The Bertz CT molecular complexity index is 2000. The first-order valence-electron chi connectivity index (χ1n) is 14.9. The summed E-state index contributed by atoms with van der Waals surface area (Å²) in [5.41, 5.74) is 12.7. The highest BCUT2D eigenvalue weighted by Crippen LogP contribution is 2.58. The third-order valence-corrected chi connectivity index (χ3v) is 9.02. The molecule has 6 aromatic carbocycles. The lowest BCUT2D eigenvalue weighted by atomic mass is 9.81. The Labute approximate surface area is 247 Å². The molecule has 1 nitrogen and oxygen atoms in total. The van der Waals surface area contributed by atoms with Crippen molar-refractivity contribution in [3.05, 3.63) is 139 Å². The molecular weight excluding hydrogens is 508 g/mol. The van der Waals surface area contributed by atoms with Gasteiger partial charge in [0.25, 0.3) is 0 Å². The SMILES string of the molecule is CC(C)(O)C1=CCCC=C1c1ccc2c3c(cccc13)-c1c-2c(-c2ccccc2)c2ccccc2c1-c1ccccc1. The summed E-state index contributed by atoms with van der Waals surface area (Å²) in [5, 5.41) is 16.2. The van der Waals surface area contributed by atoms with Crippen molar-refractivity contribution in [2.75, 3.05) is 0 Å². The Hall–Kier alpha value is -4.72. The van der Waals surface area contributed by atoms with E-state index in [0.717, 1.165) is 24.0 Å². The van der Waals surface area contributed by atoms with Gasteiger partial charge in [-0.1, -0.05) is 127 Å². The summed E-state index contributed by atoms with van der Waals surface area (Å²) in [4.78, 5) is 0. The Kier molecular flexibility index (Phi) is 5.61. The second kappa shape index (κ2) is 9.41. The topological polar surface area (TPSA) is 20.2 Å². The van der Waals surface area contributed by atoms with E-state index in [1.54, 1.807) is 0 Å². The van der Waals surface area contributed by atoms with Crippen LogP contribution in [0, 0.1) is 0 Å². The van der Waals surface area contributed by atoms with Crippen LogP contribution in [0.3, 0.4) is 0 Å². The van der Waals surface area contributed by atoms with Gasteiger partial charge in [-0.05, 0) is 109 Å². The first-order valence-corrected chi connectivity index (χ1v) is 14.9. The molecule has 0 amide bonds. The smallest absolute Gasteiger partial charge is 0.0843 e. The summed E-state index contributed by atoms with van der Waals surface area (Å²) in [6, 6.07) is 42.0. The van der Waals surface area contributed by atoms with Crippen LogP contribution in [-0.2, 0) is 0 Å². The molecule has 0 saturated carbocycles. The molecule has 0 unspecified atom stereocenters. The van der Waals surface area contributed by atoms with Crippen LogP contribution in [0.25, 0.3) is 71.6 Å². The molecule has 2 aliphatic carbocycles. The molecule has 0 fully saturated rings. The van der Waals surface area contributed by atoms with Crippen molar-refractivity contribution in [1.82, 2.24) is 0 Å². The van der Waals surface area contributed by atoms with E-state index in [2.05, 4.69) is 127 Å². The molecule has 0 aliphatic heterocycles. The zero-order valence-corrected chi connectivity index (χ0v) is 24.0. The van der Waals surface area contributed by atoms with Crippen molar-refractivity contribution >= 4 is 27.1 Å². The number of aliphatic hydroxyl groups is 1. The predicted octanol–water partition coefficient (Wildman–Crippen LogP) is 10.8. The van der Waals surface area contributed by atoms with Crippen molar-refractivity contribution in [3.63, 3.8) is 0 Å². The molecule has 0 bridgehead atoms. The van der Waals surface area contributed by atoms with E-state index >= 15 is 0 Å². The predicted molar refractivity (Wildman–Crippen MR) is 178 cm³/mol. The van der Waals surface area contributed by atoms with E-state index < -0.39 is 5.60 Å². The molecule has 0 spiro atoms. The van der Waals surface area contributed by atoms with Crippen molar-refractivity contribution in [1.29, 1.82) is 0 Å². The highest BCUT2D eigenvalue weighted by Gasteiger charge is 2.32. The summed E-state index contributed by atoms with van der Waals surface area (Å²) in [7, 11) is 0. The van der Waals surface area contributed by atoms with Gasteiger partial charge in [0.15, 0.2) is 0 Å². The molecule has 0 saturated heterocycles. The fourth-order valence-electron chi connectivity index (χ4n) is 7.35. The number of hydrogen-bond acceptors (Lipinski definition) is 1. The van der Waals surface area contributed by atoms with Crippen LogP contribution in [0.5, 0.6) is 0 Å². The molecular formula is C41H32O. The summed E-state index contributed by atoms with van der Waals surface area (Å²) < 4.78 is 0. The third kappa shape index (κ3) is 3.67. The Balaban J connectivity index is 1.52. The maximum atomic E-state index is 11.1. The van der Waals surface area contributed by atoms with E-state index in [0.29, 0.717) is 0 Å². The largest absolute Gasteiger partial charge is 0.386 e. The summed E-state index contributed by atoms with van der Waals surface area (Å²) >= 11 is 0. The molecule has 1 N–H and O–H groups in total. The zero-order chi connectivity index (χ0) is 28.4. The quantitative estimate of drug-likeness (QED) is 0.235. The molecule has 0 heterocycles. The minimum absolute atomic E-state index is 0.906. The molecule has 0 atom stereocenters. The molecule has 0 aromatic heterocycles. The van der Waals surface area contributed by atoms with E-state index in [1.165, 1.54) is 71.6 Å². The lowest BCUT2D eigenvalue weighted by molar-refractivity contribution is 0.124. The van der Waals surface area contributed by atoms with Gasteiger partial charge in [-0.2, -0.15) is 0 Å². The number of rotatable bonds is 4. The number of hydrogen-bond donors (Lipinski definition) is 1. The molecule has 8 rings (SSSR count). The highest BCUT2D eigenvalue weighted by molar-refractivity contribution is 6.28. The third-order valence-electron chi connectivity index (χ3n) is 9.02. The molecule has 6 aromatic rings. The van der Waals surface area contributed by atoms with Crippen LogP contribution in [0.2, 0.25) is 0 Å². The van der Waals surface area contributed by atoms with E-state index in [1.807, 2.05) is 13.8 Å². The fourth-order valence-corrected chi connectivity index (χ4v) is 7.35. The lowest BCUT2D eigenvalue weighted by Gasteiger charge is -2.28. The van der Waals surface area contributed by atoms with Crippen LogP contribution in [0.4, 0.5) is 0 Å². The summed E-state index contributed by atoms with van der Waals surface area (Å²) in [6.45, 7) is 3.80. The molecule has 1 heteroatoms. The Morgan fingerprint density at radius 1 is 0.476 bits per heavy atom. The zero-order valence-electron chi connectivity index (χ0n) is 24.0. The van der Waals surface area contributed by atoms with Gasteiger partial charge in [-0.15, -0.1) is 0 Å². The Morgan fingerprint density at radius 3 is 1.57 bits per heavy atom. The first-order chi connectivity index (χ1) is 20.5. The minimum atomic E-state index is -0.906. The summed E-state index contributed by atoms with van der Waals surface area (Å²) in [5.74, 6) is 0. The van der Waals surface area contributed by atoms with Gasteiger partial charge in [-0.3, -0.25) is 0 Å². The van der Waals surface area contributed by atoms with Crippen LogP contribution < -0.4 is 0 Å². The molecule has 2 aliphatic rings. The second-order valence-corrected chi connectivity index (χ2v) is 12.0. The van der Waals surface area contributed by atoms with Crippen LogP contribution >= 0.6 is 0 Å². The van der Waals surface area contributed by atoms with Gasteiger partial charge in [0.05, 0.1) is 5.60 Å². The molecule has 202 valence electrons. The minimum Gasteiger partial charge on any atom is -0.386 e. The second-order valence-electron chi connectivity index (χ2n) is 12.0. The van der Waals surface area contributed by atoms with Gasteiger partial charge in [-0.25, -0.2) is 0 Å². The highest BCUT2D eigenvalue weighted by atomic mass is 16.3. The van der Waals surface area contributed by atoms with Gasteiger partial charge in [0, 0.05) is 0 Å². The van der Waals surface area contributed by atoms with Gasteiger partial charge < -0.3 is 5.11 Å². The monoisotopic (exact) mass is 540 g/mol. The van der Waals surface area contributed by atoms with Crippen molar-refractivity contribution in [3.8, 4) is 44.5 Å². The fraction of sp³-hybridized carbons (Fsp3) is 0.122. The maximum absolute atomic E-state index is 11.1. The van der Waals surface area contributed by atoms with Gasteiger partial charge >= 0.3 is 0 Å². The standard InChI is InChI=1S/C41H32O/c1-41(2,42)35-23-12-11-18-29(35)28-24-25-34-38-30(28)21-13-22-33(38)39-36(26-14-5-3-6-15-26)31-19-9-10-20-32(31)37(40(34)39)27-16-7-4-8-17-27/h3-10,13-25,42H,11-12H2,1-2H3. The first kappa shape index (κ1) is 25.0. The van der Waals surface area contributed by atoms with Crippen LogP contribution in [-0.4, -0.2) is 10.7 Å². The normalized spacial score (nSPS) is 14.2. The average Bonchev–Trinajstić information content (AvgIpc) is 3.35. The number of benzene rings is 6. The van der Waals surface area contributed by atoms with Gasteiger partial charge in [0.2, 0.25) is 0 Å². The van der Waals surface area contributed by atoms with Crippen LogP contribution in [0.1, 0.15) is 32.3 Å². The number of allylic oxidation sites excluding steroid dienone is 2. The molecule has 0 radical (unpaired) electrons. The van der Waals surface area contributed by atoms with Crippen molar-refractivity contribution in [2.45, 2.75) is 32.3 Å². The Morgan fingerprint density at radius 2 is 0.976 bits per heavy atom. The number of fused-ring (bicyclic) bond motifs is 4. The van der Waals surface area contributed by atoms with E-state index in [4.69, 9.17) is 0 Å². The lowest BCUT2D eigenvalue weighted by Crippen LogP contribution is -2.24. The van der Waals surface area contributed by atoms with Crippen molar-refractivity contribution < 1.29 is 5.11 Å². The summed E-state index contributed by atoms with van der Waals surface area (Å²) in [6.07, 6.45) is 6.49.